The molecule has 1 aromatic heterocycles. The van der Waals surface area contributed by atoms with Gasteiger partial charge in [-0.1, -0.05) is 11.6 Å². The largest absolute Gasteiger partial charge is 0.352 e. The van der Waals surface area contributed by atoms with Gasteiger partial charge >= 0.3 is 0 Å². The fourth-order valence-electron chi connectivity index (χ4n) is 2.06. The molecule has 114 valence electrons. The number of aromatic nitrogens is 1. The zero-order chi connectivity index (χ0) is 15.6. The van der Waals surface area contributed by atoms with E-state index in [0.29, 0.717) is 6.42 Å². The number of hydrogen-bond acceptors (Lipinski definition) is 6. The number of nitro groups is 1. The highest BCUT2D eigenvalue weighted by molar-refractivity contribution is 7.91. The number of amides is 1. The molecule has 0 aliphatic carbocycles. The summed E-state index contributed by atoms with van der Waals surface area (Å²) >= 11 is 5.75. The lowest BCUT2D eigenvalue weighted by atomic mass is 10.1. The van der Waals surface area contributed by atoms with Crippen LogP contribution in [-0.2, 0) is 9.84 Å². The Kier molecular flexibility index (Phi) is 4.43. The number of nitrogens with zero attached hydrogens (tertiary/aromatic N) is 2. The van der Waals surface area contributed by atoms with Crippen LogP contribution in [0.1, 0.15) is 16.8 Å². The van der Waals surface area contributed by atoms with Crippen molar-refractivity contribution in [3.05, 3.63) is 33.1 Å². The molecule has 1 amide bonds. The summed E-state index contributed by atoms with van der Waals surface area (Å²) in [6.45, 7) is 0.178. The Balaban J connectivity index is 2.04. The minimum absolute atomic E-state index is 0.0359. The summed E-state index contributed by atoms with van der Waals surface area (Å²) in [6.07, 6.45) is 1.45. The Morgan fingerprint density at radius 1 is 1.57 bits per heavy atom. The molecule has 1 aromatic rings. The average Bonchev–Trinajstić information content (AvgIpc) is 2.76. The molecule has 1 aliphatic rings. The molecule has 1 N–H and O–H groups in total. The van der Waals surface area contributed by atoms with Gasteiger partial charge in [-0.25, -0.2) is 13.4 Å². The van der Waals surface area contributed by atoms with Crippen molar-refractivity contribution in [2.24, 2.45) is 5.92 Å². The average molecular weight is 334 g/mol. The van der Waals surface area contributed by atoms with Gasteiger partial charge in [-0.2, -0.15) is 0 Å². The molecule has 1 unspecified atom stereocenters. The zero-order valence-electron chi connectivity index (χ0n) is 10.8. The lowest BCUT2D eigenvalue weighted by Crippen LogP contribution is -2.30. The standard InChI is InChI=1S/C11H12ClN3O5S/c12-10-9(3-8(5-13-10)15(17)18)11(16)14-4-7-1-2-21(19,20)6-7/h3,5,7H,1-2,4,6H2,(H,14,16). The molecule has 1 atom stereocenters. The highest BCUT2D eigenvalue weighted by Crippen LogP contribution is 2.20. The van der Waals surface area contributed by atoms with E-state index in [1.54, 1.807) is 0 Å². The van der Waals surface area contributed by atoms with Gasteiger partial charge in [-0.15, -0.1) is 0 Å². The van der Waals surface area contributed by atoms with Gasteiger partial charge in [-0.05, 0) is 12.3 Å². The first-order valence-corrected chi connectivity index (χ1v) is 8.27. The molecule has 0 bridgehead atoms. The van der Waals surface area contributed by atoms with Crippen molar-refractivity contribution in [1.82, 2.24) is 10.3 Å². The van der Waals surface area contributed by atoms with Crippen LogP contribution in [0.15, 0.2) is 12.3 Å². The van der Waals surface area contributed by atoms with Crippen molar-refractivity contribution in [1.29, 1.82) is 0 Å². The van der Waals surface area contributed by atoms with E-state index >= 15 is 0 Å². The molecule has 1 fully saturated rings. The maximum Gasteiger partial charge on any atom is 0.288 e. The minimum atomic E-state index is -3.01. The van der Waals surface area contributed by atoms with Crippen LogP contribution < -0.4 is 5.32 Å². The van der Waals surface area contributed by atoms with Crippen LogP contribution in [0.5, 0.6) is 0 Å². The van der Waals surface area contributed by atoms with Gasteiger partial charge < -0.3 is 5.32 Å². The molecule has 21 heavy (non-hydrogen) atoms. The number of carbonyl (C=O) groups excluding carboxylic acids is 1. The Morgan fingerprint density at radius 3 is 2.86 bits per heavy atom. The van der Waals surface area contributed by atoms with Crippen molar-refractivity contribution in [2.75, 3.05) is 18.1 Å². The second kappa shape index (κ2) is 5.94. The fourth-order valence-corrected chi connectivity index (χ4v) is 4.11. The van der Waals surface area contributed by atoms with E-state index in [9.17, 15) is 23.3 Å². The molecule has 1 saturated heterocycles. The van der Waals surface area contributed by atoms with E-state index in [2.05, 4.69) is 10.3 Å². The number of sulfone groups is 1. The molecule has 0 spiro atoms. The third-order valence-corrected chi connectivity index (χ3v) is 5.30. The number of carbonyl (C=O) groups is 1. The first-order valence-electron chi connectivity index (χ1n) is 6.07. The molecule has 0 saturated carbocycles. The number of halogens is 1. The van der Waals surface area contributed by atoms with Gasteiger partial charge in [0.25, 0.3) is 11.6 Å². The number of rotatable bonds is 4. The first-order chi connectivity index (χ1) is 9.78. The van der Waals surface area contributed by atoms with Gasteiger partial charge in [0, 0.05) is 12.6 Å². The lowest BCUT2D eigenvalue weighted by molar-refractivity contribution is -0.385. The fraction of sp³-hybridized carbons (Fsp3) is 0.455. The number of hydrogen-bond donors (Lipinski definition) is 1. The summed E-state index contributed by atoms with van der Waals surface area (Å²) in [4.78, 5) is 25.5. The van der Waals surface area contributed by atoms with Gasteiger partial charge in [0.1, 0.15) is 11.3 Å². The van der Waals surface area contributed by atoms with Crippen LogP contribution in [0, 0.1) is 16.0 Å². The maximum atomic E-state index is 12.0. The first kappa shape index (κ1) is 15.6. The van der Waals surface area contributed by atoms with Crippen LogP contribution in [0.2, 0.25) is 5.15 Å². The lowest BCUT2D eigenvalue weighted by Gasteiger charge is -2.10. The van der Waals surface area contributed by atoms with E-state index in [4.69, 9.17) is 11.6 Å². The molecule has 8 nitrogen and oxygen atoms in total. The van der Waals surface area contributed by atoms with Gasteiger partial charge in [-0.3, -0.25) is 14.9 Å². The predicted octanol–water partition coefficient (Wildman–Crippen LogP) is 0.808. The molecule has 0 radical (unpaired) electrons. The monoisotopic (exact) mass is 333 g/mol. The van der Waals surface area contributed by atoms with Crippen molar-refractivity contribution < 1.29 is 18.1 Å². The minimum Gasteiger partial charge on any atom is -0.352 e. The third kappa shape index (κ3) is 3.88. The normalized spacial score (nSPS) is 20.1. The second-order valence-corrected chi connectivity index (χ2v) is 7.35. The highest BCUT2D eigenvalue weighted by Gasteiger charge is 2.28. The summed E-state index contributed by atoms with van der Waals surface area (Å²) < 4.78 is 22.6. The van der Waals surface area contributed by atoms with Crippen molar-refractivity contribution in [3.63, 3.8) is 0 Å². The SMILES string of the molecule is O=C(NCC1CCS(=O)(=O)C1)c1cc([N+](=O)[O-])cnc1Cl. The summed E-state index contributed by atoms with van der Waals surface area (Å²) in [5.74, 6) is -0.606. The van der Waals surface area contributed by atoms with E-state index in [0.717, 1.165) is 12.3 Å². The van der Waals surface area contributed by atoms with Crippen LogP contribution >= 0.6 is 11.6 Å². The summed E-state index contributed by atoms with van der Waals surface area (Å²) in [5.41, 5.74) is -0.445. The maximum absolute atomic E-state index is 12.0. The second-order valence-electron chi connectivity index (χ2n) is 4.77. The molecule has 10 heteroatoms. The molecule has 1 aliphatic heterocycles. The molecule has 2 heterocycles. The van der Waals surface area contributed by atoms with Gasteiger partial charge in [0.2, 0.25) is 0 Å². The third-order valence-electron chi connectivity index (χ3n) is 3.16. The highest BCUT2D eigenvalue weighted by atomic mass is 35.5. The van der Waals surface area contributed by atoms with Gasteiger partial charge in [0.05, 0.1) is 22.0 Å². The Bertz CT molecular complexity index is 691. The van der Waals surface area contributed by atoms with Crippen LogP contribution in [0.3, 0.4) is 0 Å². The summed E-state index contributed by atoms with van der Waals surface area (Å²) in [5, 5.41) is 13.0. The zero-order valence-corrected chi connectivity index (χ0v) is 12.4. The molecular formula is C11H12ClN3O5S. The summed E-state index contributed by atoms with van der Waals surface area (Å²) in [7, 11) is -3.01. The van der Waals surface area contributed by atoms with E-state index < -0.39 is 20.7 Å². The van der Waals surface area contributed by atoms with E-state index in [1.807, 2.05) is 0 Å². The molecule has 2 rings (SSSR count). The van der Waals surface area contributed by atoms with Crippen molar-refractivity contribution in [3.8, 4) is 0 Å². The predicted molar refractivity (Wildman–Crippen MR) is 75.0 cm³/mol. The number of nitrogens with one attached hydrogen (secondary N) is 1. The van der Waals surface area contributed by atoms with E-state index in [-0.39, 0.29) is 40.4 Å². The topological polar surface area (TPSA) is 119 Å². The van der Waals surface area contributed by atoms with Crippen LogP contribution in [-0.4, -0.2) is 42.3 Å². The van der Waals surface area contributed by atoms with E-state index in [1.165, 1.54) is 0 Å². The Hall–Kier alpha value is -1.74. The van der Waals surface area contributed by atoms with Crippen molar-refractivity contribution >= 4 is 33.0 Å². The summed E-state index contributed by atoms with van der Waals surface area (Å²) in [6, 6.07) is 1.04. The Labute approximate surface area is 125 Å². The quantitative estimate of drug-likeness (QED) is 0.494. The smallest absolute Gasteiger partial charge is 0.288 e. The van der Waals surface area contributed by atoms with Crippen LogP contribution in [0.4, 0.5) is 5.69 Å². The molecule has 0 aromatic carbocycles. The van der Waals surface area contributed by atoms with Crippen LogP contribution in [0.25, 0.3) is 0 Å². The van der Waals surface area contributed by atoms with Gasteiger partial charge in [0.15, 0.2) is 9.84 Å². The van der Waals surface area contributed by atoms with Crippen molar-refractivity contribution in [2.45, 2.75) is 6.42 Å². The Morgan fingerprint density at radius 2 is 2.29 bits per heavy atom. The number of pyridine rings is 1. The molecular weight excluding hydrogens is 322 g/mol.